The van der Waals surface area contributed by atoms with Crippen molar-refractivity contribution in [3.8, 4) is 5.69 Å². The second-order valence-corrected chi connectivity index (χ2v) is 10.2. The van der Waals surface area contributed by atoms with Crippen molar-refractivity contribution in [1.29, 1.82) is 0 Å². The number of hydrogen-bond acceptors (Lipinski definition) is 6. The van der Waals surface area contributed by atoms with Crippen molar-refractivity contribution in [2.24, 2.45) is 0 Å². The summed E-state index contributed by atoms with van der Waals surface area (Å²) in [5, 5.41) is 4.41. The second-order valence-electron chi connectivity index (χ2n) is 7.12. The molecule has 0 bridgehead atoms. The molecule has 1 aliphatic heterocycles. The van der Waals surface area contributed by atoms with Gasteiger partial charge in [-0.25, -0.2) is 8.42 Å². The van der Waals surface area contributed by atoms with Crippen molar-refractivity contribution >= 4 is 27.5 Å². The van der Waals surface area contributed by atoms with Crippen LogP contribution in [0.5, 0.6) is 0 Å². The Bertz CT molecular complexity index is 969. The number of hydrogen-bond donors (Lipinski definition) is 0. The van der Waals surface area contributed by atoms with E-state index in [1.165, 1.54) is 15.2 Å². The van der Waals surface area contributed by atoms with Gasteiger partial charge in [0.1, 0.15) is 0 Å². The van der Waals surface area contributed by atoms with Crippen molar-refractivity contribution in [2.45, 2.75) is 31.1 Å². The minimum absolute atomic E-state index is 0.124. The van der Waals surface area contributed by atoms with Crippen molar-refractivity contribution in [3.63, 3.8) is 0 Å². The lowest BCUT2D eigenvalue weighted by Crippen LogP contribution is -2.49. The molecule has 0 saturated carbocycles. The predicted molar refractivity (Wildman–Crippen MR) is 119 cm³/mol. The van der Waals surface area contributed by atoms with Crippen LogP contribution in [-0.4, -0.2) is 60.7 Å². The molecule has 0 N–H and O–H groups in total. The van der Waals surface area contributed by atoms with Crippen molar-refractivity contribution in [3.05, 3.63) is 46.9 Å². The van der Waals surface area contributed by atoms with E-state index in [0.717, 1.165) is 36.4 Å². The van der Waals surface area contributed by atoms with E-state index in [-0.39, 0.29) is 5.56 Å². The molecule has 1 aliphatic rings. The van der Waals surface area contributed by atoms with Gasteiger partial charge in [0.2, 0.25) is 10.0 Å². The summed E-state index contributed by atoms with van der Waals surface area (Å²) in [5.41, 5.74) is 1.42. The fourth-order valence-electron chi connectivity index (χ4n) is 3.33. The minimum atomic E-state index is -3.19. The van der Waals surface area contributed by atoms with Gasteiger partial charge in [0.05, 0.1) is 28.7 Å². The van der Waals surface area contributed by atoms with Crippen molar-refractivity contribution in [1.82, 2.24) is 14.1 Å². The van der Waals surface area contributed by atoms with Crippen LogP contribution in [0.1, 0.15) is 26.2 Å². The van der Waals surface area contributed by atoms with Gasteiger partial charge in [0.25, 0.3) is 5.56 Å². The first-order valence-electron chi connectivity index (χ1n) is 9.92. The van der Waals surface area contributed by atoms with E-state index in [1.807, 2.05) is 30.3 Å². The molecule has 7 nitrogen and oxygen atoms in total. The molecule has 0 atom stereocenters. The molecule has 158 valence electrons. The molecule has 0 unspecified atom stereocenters. The highest BCUT2D eigenvalue weighted by molar-refractivity contribution is 7.99. The SMILES string of the molecule is CCCCCSc1c(N2CCN(S(C)(=O)=O)CC2)cnn(-c2ccccc2)c1=O. The summed E-state index contributed by atoms with van der Waals surface area (Å²) in [6, 6.07) is 9.41. The van der Waals surface area contributed by atoms with Crippen LogP contribution in [0, 0.1) is 0 Å². The number of aromatic nitrogens is 2. The molecule has 3 rings (SSSR count). The Morgan fingerprint density at radius 2 is 1.76 bits per heavy atom. The molecule has 0 aliphatic carbocycles. The third kappa shape index (κ3) is 5.40. The van der Waals surface area contributed by atoms with Gasteiger partial charge in [-0.2, -0.15) is 14.1 Å². The molecule has 9 heteroatoms. The van der Waals surface area contributed by atoms with Gasteiger partial charge in [0.15, 0.2) is 0 Å². The summed E-state index contributed by atoms with van der Waals surface area (Å²) in [7, 11) is -3.19. The van der Waals surface area contributed by atoms with Crippen LogP contribution in [0.15, 0.2) is 46.2 Å². The number of rotatable bonds is 8. The Balaban J connectivity index is 1.90. The largest absolute Gasteiger partial charge is 0.367 e. The fourth-order valence-corrected chi connectivity index (χ4v) is 5.25. The van der Waals surface area contributed by atoms with Gasteiger partial charge in [-0.3, -0.25) is 4.79 Å². The summed E-state index contributed by atoms with van der Waals surface area (Å²) in [4.78, 5) is 16.0. The molecule has 2 heterocycles. The van der Waals surface area contributed by atoms with E-state index in [4.69, 9.17) is 0 Å². The smallest absolute Gasteiger partial charge is 0.287 e. The summed E-state index contributed by atoms with van der Waals surface area (Å²) >= 11 is 1.58. The third-order valence-electron chi connectivity index (χ3n) is 4.96. The zero-order valence-corrected chi connectivity index (χ0v) is 18.6. The highest BCUT2D eigenvalue weighted by Gasteiger charge is 2.26. The number of piperazine rings is 1. The molecular formula is C20H28N4O3S2. The van der Waals surface area contributed by atoms with Gasteiger partial charge in [0, 0.05) is 26.2 Å². The normalized spacial score (nSPS) is 15.6. The lowest BCUT2D eigenvalue weighted by atomic mass is 10.3. The van der Waals surface area contributed by atoms with Crippen LogP contribution in [-0.2, 0) is 10.0 Å². The topological polar surface area (TPSA) is 75.5 Å². The maximum atomic E-state index is 13.3. The number of unbranched alkanes of at least 4 members (excludes halogenated alkanes) is 2. The van der Waals surface area contributed by atoms with Crippen LogP contribution < -0.4 is 10.5 Å². The molecule has 29 heavy (non-hydrogen) atoms. The highest BCUT2D eigenvalue weighted by Crippen LogP contribution is 2.28. The van der Waals surface area contributed by atoms with Crippen LogP contribution in [0.2, 0.25) is 0 Å². The molecule has 1 aromatic carbocycles. The van der Waals surface area contributed by atoms with Gasteiger partial charge in [-0.1, -0.05) is 38.0 Å². The summed E-state index contributed by atoms with van der Waals surface area (Å²) in [5.74, 6) is 0.873. The van der Waals surface area contributed by atoms with Gasteiger partial charge in [-0.05, 0) is 24.3 Å². The van der Waals surface area contributed by atoms with E-state index >= 15 is 0 Å². The molecule has 1 saturated heterocycles. The monoisotopic (exact) mass is 436 g/mol. The van der Waals surface area contributed by atoms with E-state index in [9.17, 15) is 13.2 Å². The number of thioether (sulfide) groups is 1. The Labute approximate surface area is 176 Å². The van der Waals surface area contributed by atoms with Crippen LogP contribution in [0.4, 0.5) is 5.69 Å². The van der Waals surface area contributed by atoms with Gasteiger partial charge >= 0.3 is 0 Å². The van der Waals surface area contributed by atoms with Crippen LogP contribution >= 0.6 is 11.8 Å². The fraction of sp³-hybridized carbons (Fsp3) is 0.500. The summed E-state index contributed by atoms with van der Waals surface area (Å²) < 4.78 is 26.5. The lowest BCUT2D eigenvalue weighted by molar-refractivity contribution is 0.387. The number of sulfonamides is 1. The highest BCUT2D eigenvalue weighted by atomic mass is 32.2. The maximum Gasteiger partial charge on any atom is 0.287 e. The molecule has 2 aromatic rings. The average molecular weight is 437 g/mol. The number of nitrogens with zero attached hydrogens (tertiary/aromatic N) is 4. The first kappa shape index (κ1) is 21.9. The first-order valence-corrected chi connectivity index (χ1v) is 12.8. The molecular weight excluding hydrogens is 408 g/mol. The number of para-hydroxylation sites is 1. The van der Waals surface area contributed by atoms with E-state index in [2.05, 4.69) is 16.9 Å². The molecule has 0 amide bonds. The van der Waals surface area contributed by atoms with Crippen molar-refractivity contribution in [2.75, 3.05) is 43.1 Å². The Hall–Kier alpha value is -1.84. The van der Waals surface area contributed by atoms with E-state index < -0.39 is 10.0 Å². The number of benzene rings is 1. The Morgan fingerprint density at radius 1 is 1.07 bits per heavy atom. The Kier molecular flexibility index (Phi) is 7.37. The summed E-state index contributed by atoms with van der Waals surface area (Å²) in [6.45, 7) is 4.09. The molecule has 1 fully saturated rings. The molecule has 0 spiro atoms. The first-order chi connectivity index (χ1) is 13.9. The molecule has 0 radical (unpaired) electrons. The second kappa shape index (κ2) is 9.77. The summed E-state index contributed by atoms with van der Waals surface area (Å²) in [6.07, 6.45) is 6.29. The van der Waals surface area contributed by atoms with Crippen LogP contribution in [0.25, 0.3) is 5.69 Å². The minimum Gasteiger partial charge on any atom is -0.367 e. The predicted octanol–water partition coefficient (Wildman–Crippen LogP) is 2.60. The zero-order chi connectivity index (χ0) is 20.9. The third-order valence-corrected chi connectivity index (χ3v) is 7.43. The van der Waals surface area contributed by atoms with E-state index in [0.29, 0.717) is 31.1 Å². The zero-order valence-electron chi connectivity index (χ0n) is 17.0. The average Bonchev–Trinajstić information content (AvgIpc) is 2.72. The maximum absolute atomic E-state index is 13.3. The molecule has 1 aromatic heterocycles. The van der Waals surface area contributed by atoms with E-state index in [1.54, 1.807) is 18.0 Å². The lowest BCUT2D eigenvalue weighted by Gasteiger charge is -2.35. The Morgan fingerprint density at radius 3 is 2.38 bits per heavy atom. The quantitative estimate of drug-likeness (QED) is 0.468. The number of anilines is 1. The van der Waals surface area contributed by atoms with Gasteiger partial charge in [-0.15, -0.1) is 11.8 Å². The van der Waals surface area contributed by atoms with Crippen molar-refractivity contribution < 1.29 is 8.42 Å². The standard InChI is InChI=1S/C20H28N4O3S2/c1-3-4-8-15-28-19-18(22-11-13-23(14-12-22)29(2,26)27)16-21-24(20(19)25)17-9-6-5-7-10-17/h5-7,9-10,16H,3-4,8,11-15H2,1-2H3. The van der Waals surface area contributed by atoms with Gasteiger partial charge < -0.3 is 4.90 Å². The van der Waals surface area contributed by atoms with Crippen LogP contribution in [0.3, 0.4) is 0 Å².